The van der Waals surface area contributed by atoms with Crippen LogP contribution in [0.4, 0.5) is 0 Å². The molecule has 0 aliphatic heterocycles. The molecule has 0 aromatic rings. The first-order chi connectivity index (χ1) is 14.4. The van der Waals surface area contributed by atoms with Crippen molar-refractivity contribution in [3.63, 3.8) is 0 Å². The molecule has 0 aromatic heterocycles. The van der Waals surface area contributed by atoms with Crippen molar-refractivity contribution in [2.45, 2.75) is 97.0 Å². The Morgan fingerprint density at radius 1 is 0.867 bits per heavy atom. The molecule has 0 rings (SSSR count). The van der Waals surface area contributed by atoms with Crippen LogP contribution in [0.2, 0.25) is 0 Å². The van der Waals surface area contributed by atoms with E-state index in [0.717, 1.165) is 32.1 Å². The van der Waals surface area contributed by atoms with E-state index in [2.05, 4.69) is 13.8 Å². The maximum Gasteiger partial charge on any atom is 0.472 e. The molecule has 8 nitrogen and oxygen atoms in total. The van der Waals surface area contributed by atoms with Gasteiger partial charge in [0.15, 0.2) is 0 Å². The van der Waals surface area contributed by atoms with Gasteiger partial charge in [-0.05, 0) is 12.8 Å². The number of hydrogen-bond donors (Lipinski definition) is 2. The maximum atomic E-state index is 12.0. The highest BCUT2D eigenvalue weighted by atomic mass is 31.2. The fourth-order valence-corrected chi connectivity index (χ4v) is 3.58. The van der Waals surface area contributed by atoms with E-state index in [0.29, 0.717) is 13.0 Å². The first kappa shape index (κ1) is 29.5. The highest BCUT2D eigenvalue weighted by Gasteiger charge is 2.25. The summed E-state index contributed by atoms with van der Waals surface area (Å²) in [5.41, 5.74) is 5.26. The monoisotopic (exact) mass is 453 g/mol. The number of phosphoric acid groups is 1. The molecule has 0 saturated carbocycles. The minimum atomic E-state index is -4.23. The van der Waals surface area contributed by atoms with Crippen molar-refractivity contribution in [1.29, 1.82) is 0 Å². The molecule has 9 heteroatoms. The third kappa shape index (κ3) is 19.5. The minimum absolute atomic E-state index is 0.0931. The second kappa shape index (κ2) is 20.4. The standard InChI is InChI=1S/C21H44NO7P/c1-3-5-7-8-9-10-11-13-16-26-18-20(29-21(23)14-12-6-4-2)19-28-30(24,25)27-17-15-22/h20H,3-19,22H2,1-2H3,(H,24,25). The van der Waals surface area contributed by atoms with Crippen LogP contribution in [0, 0.1) is 0 Å². The van der Waals surface area contributed by atoms with E-state index in [9.17, 15) is 14.3 Å². The molecule has 2 atom stereocenters. The number of carbonyl (C=O) groups is 1. The Kier molecular flexibility index (Phi) is 20.1. The van der Waals surface area contributed by atoms with E-state index in [-0.39, 0.29) is 32.3 Å². The van der Waals surface area contributed by atoms with Crippen LogP contribution in [0.15, 0.2) is 0 Å². The number of ether oxygens (including phenoxy) is 2. The lowest BCUT2D eigenvalue weighted by Crippen LogP contribution is -2.28. The molecule has 0 aliphatic rings. The van der Waals surface area contributed by atoms with Crippen LogP contribution in [0.25, 0.3) is 0 Å². The average Bonchev–Trinajstić information content (AvgIpc) is 2.72. The van der Waals surface area contributed by atoms with E-state index in [1.54, 1.807) is 0 Å². The molecular formula is C21H44NO7P. The Hall–Kier alpha value is -0.500. The predicted molar refractivity (Wildman–Crippen MR) is 118 cm³/mol. The van der Waals surface area contributed by atoms with Crippen LogP contribution >= 0.6 is 7.82 Å². The third-order valence-electron chi connectivity index (χ3n) is 4.52. The van der Waals surface area contributed by atoms with Crippen molar-refractivity contribution in [2.24, 2.45) is 5.73 Å². The summed E-state index contributed by atoms with van der Waals surface area (Å²) in [4.78, 5) is 21.6. The van der Waals surface area contributed by atoms with Crippen LogP contribution in [0.3, 0.4) is 0 Å². The Labute approximate surface area is 182 Å². The number of esters is 1. The third-order valence-corrected chi connectivity index (χ3v) is 5.51. The van der Waals surface area contributed by atoms with E-state index >= 15 is 0 Å². The molecule has 0 fully saturated rings. The molecule has 0 heterocycles. The highest BCUT2D eigenvalue weighted by molar-refractivity contribution is 7.47. The smallest absolute Gasteiger partial charge is 0.457 e. The zero-order chi connectivity index (χ0) is 22.5. The van der Waals surface area contributed by atoms with E-state index in [4.69, 9.17) is 24.3 Å². The van der Waals surface area contributed by atoms with E-state index in [1.165, 1.54) is 38.5 Å². The summed E-state index contributed by atoms with van der Waals surface area (Å²) in [5, 5.41) is 0. The fraction of sp³-hybridized carbons (Fsp3) is 0.952. The number of rotatable bonds is 22. The molecule has 0 aliphatic carbocycles. The lowest BCUT2D eigenvalue weighted by molar-refractivity contribution is -0.154. The quantitative estimate of drug-likeness (QED) is 0.137. The Balaban J connectivity index is 4.19. The number of hydrogen-bond acceptors (Lipinski definition) is 7. The topological polar surface area (TPSA) is 117 Å². The van der Waals surface area contributed by atoms with Crippen molar-refractivity contribution < 1.29 is 32.8 Å². The minimum Gasteiger partial charge on any atom is -0.457 e. The van der Waals surface area contributed by atoms with Crippen LogP contribution in [0.1, 0.15) is 90.9 Å². The summed E-state index contributed by atoms with van der Waals surface area (Å²) < 4.78 is 32.4. The van der Waals surface area contributed by atoms with Gasteiger partial charge >= 0.3 is 13.8 Å². The van der Waals surface area contributed by atoms with Gasteiger partial charge in [0.05, 0.1) is 19.8 Å². The van der Waals surface area contributed by atoms with Crippen LogP contribution in [0.5, 0.6) is 0 Å². The molecule has 0 aromatic carbocycles. The van der Waals surface area contributed by atoms with Gasteiger partial charge in [-0.3, -0.25) is 13.8 Å². The van der Waals surface area contributed by atoms with E-state index in [1.807, 2.05) is 0 Å². The summed E-state index contributed by atoms with van der Waals surface area (Å²) in [6.45, 7) is 4.68. The van der Waals surface area contributed by atoms with Gasteiger partial charge in [-0.2, -0.15) is 0 Å². The van der Waals surface area contributed by atoms with Gasteiger partial charge in [0.25, 0.3) is 0 Å². The van der Waals surface area contributed by atoms with Crippen molar-refractivity contribution in [1.82, 2.24) is 0 Å². The van der Waals surface area contributed by atoms with Gasteiger partial charge in [-0.15, -0.1) is 0 Å². The van der Waals surface area contributed by atoms with Crippen molar-refractivity contribution in [2.75, 3.05) is 33.0 Å². The zero-order valence-corrected chi connectivity index (χ0v) is 19.9. The summed E-state index contributed by atoms with van der Waals surface area (Å²) in [6.07, 6.45) is 11.9. The first-order valence-corrected chi connectivity index (χ1v) is 13.0. The molecule has 0 saturated heterocycles. The molecule has 0 bridgehead atoms. The van der Waals surface area contributed by atoms with Gasteiger partial charge < -0.3 is 20.1 Å². The number of nitrogens with two attached hydrogens (primary N) is 1. The second-order valence-corrected chi connectivity index (χ2v) is 8.96. The average molecular weight is 454 g/mol. The number of phosphoric ester groups is 1. The normalized spacial score (nSPS) is 14.4. The molecule has 0 amide bonds. The van der Waals surface area contributed by atoms with Gasteiger partial charge in [0.2, 0.25) is 0 Å². The van der Waals surface area contributed by atoms with Crippen molar-refractivity contribution >= 4 is 13.8 Å². The van der Waals surface area contributed by atoms with Crippen LogP contribution < -0.4 is 5.73 Å². The molecular weight excluding hydrogens is 409 g/mol. The number of carbonyl (C=O) groups excluding carboxylic acids is 1. The van der Waals surface area contributed by atoms with Gasteiger partial charge in [-0.1, -0.05) is 71.6 Å². The number of unbranched alkanes of at least 4 members (excludes halogenated alkanes) is 9. The Bertz CT molecular complexity index is 451. The lowest BCUT2D eigenvalue weighted by atomic mass is 10.1. The second-order valence-electron chi connectivity index (χ2n) is 7.50. The Morgan fingerprint density at radius 2 is 1.47 bits per heavy atom. The zero-order valence-electron chi connectivity index (χ0n) is 19.0. The molecule has 30 heavy (non-hydrogen) atoms. The van der Waals surface area contributed by atoms with E-state index < -0.39 is 13.9 Å². The summed E-state index contributed by atoms with van der Waals surface area (Å²) in [6, 6.07) is 0. The molecule has 180 valence electrons. The lowest BCUT2D eigenvalue weighted by Gasteiger charge is -2.20. The Morgan fingerprint density at radius 3 is 2.10 bits per heavy atom. The maximum absolute atomic E-state index is 12.0. The first-order valence-electron chi connectivity index (χ1n) is 11.5. The van der Waals surface area contributed by atoms with Crippen LogP contribution in [-0.4, -0.2) is 49.9 Å². The van der Waals surface area contributed by atoms with Crippen molar-refractivity contribution in [3.05, 3.63) is 0 Å². The molecule has 2 unspecified atom stereocenters. The van der Waals surface area contributed by atoms with Gasteiger partial charge in [0.1, 0.15) is 6.10 Å². The highest BCUT2D eigenvalue weighted by Crippen LogP contribution is 2.43. The molecule has 0 radical (unpaired) electrons. The predicted octanol–water partition coefficient (Wildman–Crippen LogP) is 4.73. The summed E-state index contributed by atoms with van der Waals surface area (Å²) in [5.74, 6) is -0.358. The van der Waals surface area contributed by atoms with Crippen LogP contribution in [-0.2, 0) is 27.9 Å². The molecule has 3 N–H and O–H groups in total. The summed E-state index contributed by atoms with van der Waals surface area (Å²) >= 11 is 0. The largest absolute Gasteiger partial charge is 0.472 e. The summed E-state index contributed by atoms with van der Waals surface area (Å²) in [7, 11) is -4.23. The molecule has 0 spiro atoms. The fourth-order valence-electron chi connectivity index (χ4n) is 2.82. The SMILES string of the molecule is CCCCCCCCCCOCC(COP(=O)(O)OCCN)OC(=O)CCCCC. The van der Waals surface area contributed by atoms with Gasteiger partial charge in [0, 0.05) is 19.6 Å². The van der Waals surface area contributed by atoms with Crippen molar-refractivity contribution in [3.8, 4) is 0 Å². The van der Waals surface area contributed by atoms with Gasteiger partial charge in [-0.25, -0.2) is 4.57 Å².